The second kappa shape index (κ2) is 7.91. The zero-order valence-corrected chi connectivity index (χ0v) is 18.1. The van der Waals surface area contributed by atoms with E-state index >= 15 is 0 Å². The lowest BCUT2D eigenvalue weighted by atomic mass is 10.0. The Balaban J connectivity index is 1.70. The summed E-state index contributed by atoms with van der Waals surface area (Å²) in [6.07, 6.45) is 1.94. The minimum atomic E-state index is -0.488. The van der Waals surface area contributed by atoms with E-state index in [2.05, 4.69) is 5.32 Å². The standard InChI is InChI=1S/C24H18Cl2FN3O/c1-2-31-22-11-10-14(12-16(22)26)19-13-21(23-15(25)6-5-7-17(23)27)30-20-9-4-3-8-18(20)28-24(30)29-19/h3-13,21H,2H2,1H3,(H,28,29)/t21-/m0/s1. The summed E-state index contributed by atoms with van der Waals surface area (Å²) in [7, 11) is 0. The summed E-state index contributed by atoms with van der Waals surface area (Å²) in [6, 6.07) is 17.5. The number of benzene rings is 3. The van der Waals surface area contributed by atoms with Crippen molar-refractivity contribution in [3.63, 3.8) is 0 Å². The molecule has 0 amide bonds. The maximum atomic E-state index is 15.0. The Morgan fingerprint density at radius 3 is 2.68 bits per heavy atom. The van der Waals surface area contributed by atoms with Gasteiger partial charge in [-0.05, 0) is 61.0 Å². The minimum Gasteiger partial charge on any atom is -0.492 e. The van der Waals surface area contributed by atoms with Crippen LogP contribution in [0.4, 0.5) is 10.3 Å². The highest BCUT2D eigenvalue weighted by atomic mass is 35.5. The van der Waals surface area contributed by atoms with E-state index in [0.717, 1.165) is 22.3 Å². The lowest BCUT2D eigenvalue weighted by molar-refractivity contribution is 0.340. The molecule has 1 N–H and O–H groups in total. The van der Waals surface area contributed by atoms with E-state index in [-0.39, 0.29) is 5.82 Å². The van der Waals surface area contributed by atoms with E-state index in [1.54, 1.807) is 12.1 Å². The fourth-order valence-corrected chi connectivity index (χ4v) is 4.43. The predicted molar refractivity (Wildman–Crippen MR) is 124 cm³/mol. The number of hydrogen-bond donors (Lipinski definition) is 1. The number of rotatable bonds is 4. The number of halogens is 3. The fourth-order valence-electron chi connectivity index (χ4n) is 3.92. The molecule has 0 fully saturated rings. The van der Waals surface area contributed by atoms with Gasteiger partial charge in [0.2, 0.25) is 5.95 Å². The molecule has 1 aliphatic heterocycles. The van der Waals surface area contributed by atoms with E-state index in [1.165, 1.54) is 6.07 Å². The number of anilines is 1. The van der Waals surface area contributed by atoms with Crippen LogP contribution in [0.2, 0.25) is 10.0 Å². The molecule has 0 aliphatic carbocycles. The zero-order valence-electron chi connectivity index (χ0n) is 16.6. The zero-order chi connectivity index (χ0) is 21.5. The molecule has 0 spiro atoms. The Morgan fingerprint density at radius 1 is 1.06 bits per heavy atom. The fraction of sp³-hybridized carbons (Fsp3) is 0.125. The Labute approximate surface area is 188 Å². The number of allylic oxidation sites excluding steroid dienone is 1. The molecular weight excluding hydrogens is 436 g/mol. The van der Waals surface area contributed by atoms with Gasteiger partial charge in [-0.3, -0.25) is 4.57 Å². The number of ether oxygens (including phenoxy) is 1. The Bertz CT molecular complexity index is 1310. The molecule has 7 heteroatoms. The normalized spacial score (nSPS) is 15.4. The van der Waals surface area contributed by atoms with Crippen molar-refractivity contribution in [2.24, 2.45) is 0 Å². The van der Waals surface area contributed by atoms with Crippen molar-refractivity contribution >= 4 is 45.9 Å². The second-order valence-corrected chi connectivity index (χ2v) is 7.97. The third kappa shape index (κ3) is 3.44. The van der Waals surface area contributed by atoms with Crippen molar-refractivity contribution in [1.82, 2.24) is 9.55 Å². The molecule has 5 rings (SSSR count). The molecule has 31 heavy (non-hydrogen) atoms. The van der Waals surface area contributed by atoms with Gasteiger partial charge in [0.05, 0.1) is 28.7 Å². The average Bonchev–Trinajstić information content (AvgIpc) is 3.13. The highest BCUT2D eigenvalue weighted by molar-refractivity contribution is 6.32. The van der Waals surface area contributed by atoms with Gasteiger partial charge >= 0.3 is 0 Å². The van der Waals surface area contributed by atoms with Crippen molar-refractivity contribution < 1.29 is 9.13 Å². The molecule has 0 radical (unpaired) electrons. The molecule has 0 unspecified atom stereocenters. The van der Waals surface area contributed by atoms with Crippen LogP contribution in [-0.2, 0) is 0 Å². The molecule has 1 aromatic heterocycles. The summed E-state index contributed by atoms with van der Waals surface area (Å²) in [5.41, 5.74) is 3.68. The van der Waals surface area contributed by atoms with Crippen LogP contribution in [0.3, 0.4) is 0 Å². The summed E-state index contributed by atoms with van der Waals surface area (Å²) in [5, 5.41) is 4.23. The average molecular weight is 454 g/mol. The summed E-state index contributed by atoms with van der Waals surface area (Å²) < 4.78 is 22.5. The number of fused-ring (bicyclic) bond motifs is 3. The molecular formula is C24H18Cl2FN3O. The predicted octanol–water partition coefficient (Wildman–Crippen LogP) is 6.94. The smallest absolute Gasteiger partial charge is 0.209 e. The number of para-hydroxylation sites is 2. The molecule has 0 saturated heterocycles. The van der Waals surface area contributed by atoms with Gasteiger partial charge in [0.25, 0.3) is 0 Å². The third-order valence-corrected chi connectivity index (χ3v) is 5.91. The second-order valence-electron chi connectivity index (χ2n) is 7.16. The number of imidazole rings is 1. The van der Waals surface area contributed by atoms with Crippen LogP contribution in [0.25, 0.3) is 16.7 Å². The van der Waals surface area contributed by atoms with Gasteiger partial charge in [0.15, 0.2) is 0 Å². The summed E-state index contributed by atoms with van der Waals surface area (Å²) >= 11 is 12.9. The van der Waals surface area contributed by atoms with E-state index in [9.17, 15) is 4.39 Å². The summed E-state index contributed by atoms with van der Waals surface area (Å²) in [6.45, 7) is 2.43. The van der Waals surface area contributed by atoms with Gasteiger partial charge in [0.1, 0.15) is 11.6 Å². The molecule has 3 aromatic carbocycles. The quantitative estimate of drug-likeness (QED) is 0.363. The van der Waals surface area contributed by atoms with E-state index in [4.69, 9.17) is 32.9 Å². The highest BCUT2D eigenvalue weighted by Crippen LogP contribution is 2.40. The molecule has 1 aliphatic rings. The molecule has 1 atom stereocenters. The van der Waals surface area contributed by atoms with E-state index < -0.39 is 6.04 Å². The van der Waals surface area contributed by atoms with Gasteiger partial charge in [-0.1, -0.05) is 41.4 Å². The van der Waals surface area contributed by atoms with E-state index in [0.29, 0.717) is 33.9 Å². The van der Waals surface area contributed by atoms with Gasteiger partial charge in [-0.2, -0.15) is 0 Å². The van der Waals surface area contributed by atoms with Crippen molar-refractivity contribution in [1.29, 1.82) is 0 Å². The molecule has 0 bridgehead atoms. The first-order chi connectivity index (χ1) is 15.1. The van der Waals surface area contributed by atoms with E-state index in [1.807, 2.05) is 60.0 Å². The van der Waals surface area contributed by atoms with Crippen LogP contribution in [0.1, 0.15) is 24.1 Å². The van der Waals surface area contributed by atoms with Crippen molar-refractivity contribution in [3.05, 3.63) is 93.7 Å². The highest BCUT2D eigenvalue weighted by Gasteiger charge is 2.28. The van der Waals surface area contributed by atoms with Gasteiger partial charge in [-0.15, -0.1) is 0 Å². The molecule has 2 heterocycles. The van der Waals surface area contributed by atoms with Gasteiger partial charge in [0, 0.05) is 16.3 Å². The van der Waals surface area contributed by atoms with Gasteiger partial charge in [-0.25, -0.2) is 9.37 Å². The van der Waals surface area contributed by atoms with Crippen LogP contribution in [0, 0.1) is 5.82 Å². The first-order valence-corrected chi connectivity index (χ1v) is 10.6. The molecule has 156 valence electrons. The van der Waals surface area contributed by atoms with Crippen molar-refractivity contribution in [2.75, 3.05) is 11.9 Å². The summed E-state index contributed by atoms with van der Waals surface area (Å²) in [5.74, 6) is 0.849. The Morgan fingerprint density at radius 2 is 1.90 bits per heavy atom. The monoisotopic (exact) mass is 453 g/mol. The Hall–Kier alpha value is -3.02. The maximum absolute atomic E-state index is 15.0. The topological polar surface area (TPSA) is 39.1 Å². The van der Waals surface area contributed by atoms with Crippen LogP contribution in [-0.4, -0.2) is 16.2 Å². The van der Waals surface area contributed by atoms with Crippen LogP contribution < -0.4 is 10.1 Å². The lowest BCUT2D eigenvalue weighted by Crippen LogP contribution is -2.20. The largest absolute Gasteiger partial charge is 0.492 e. The van der Waals surface area contributed by atoms with Crippen LogP contribution in [0.5, 0.6) is 5.75 Å². The number of nitrogens with zero attached hydrogens (tertiary/aromatic N) is 2. The number of nitrogens with one attached hydrogen (secondary N) is 1. The third-order valence-electron chi connectivity index (χ3n) is 5.28. The SMILES string of the molecule is CCOc1ccc(C2=C[C@@H](c3c(F)cccc3Cl)n3c(nc4ccccc43)N2)cc1Cl. The lowest BCUT2D eigenvalue weighted by Gasteiger charge is -2.27. The van der Waals surface area contributed by atoms with Crippen molar-refractivity contribution in [2.45, 2.75) is 13.0 Å². The molecule has 0 saturated carbocycles. The minimum absolute atomic E-state index is 0.357. The molecule has 4 aromatic rings. The van der Waals surface area contributed by atoms with Crippen LogP contribution in [0.15, 0.2) is 66.7 Å². The molecule has 4 nitrogen and oxygen atoms in total. The Kier molecular flexibility index (Phi) is 5.08. The first kappa shape index (κ1) is 19.9. The first-order valence-electron chi connectivity index (χ1n) is 9.89. The maximum Gasteiger partial charge on any atom is 0.209 e. The van der Waals surface area contributed by atoms with Gasteiger partial charge < -0.3 is 10.1 Å². The summed E-state index contributed by atoms with van der Waals surface area (Å²) in [4.78, 5) is 4.72. The van der Waals surface area contributed by atoms with Crippen LogP contribution >= 0.6 is 23.2 Å². The van der Waals surface area contributed by atoms with Crippen molar-refractivity contribution in [3.8, 4) is 5.75 Å². The number of aromatic nitrogens is 2. The number of hydrogen-bond acceptors (Lipinski definition) is 3.